The number of aliphatic carboxylic acids is 3. The minimum absolute atomic E-state index is 0.00878. The second-order valence-corrected chi connectivity index (χ2v) is 17.9. The van der Waals surface area contributed by atoms with Gasteiger partial charge in [-0.3, -0.25) is 47.7 Å². The van der Waals surface area contributed by atoms with Gasteiger partial charge in [-0.05, 0) is 32.1 Å². The molecule has 0 aromatic rings. The molecule has 0 heterocycles. The molecule has 0 aromatic heterocycles. The number of ether oxygens (including phenoxy) is 2. The number of ketones is 3. The first kappa shape index (κ1) is 60.7. The van der Waals surface area contributed by atoms with Crippen LogP contribution in [0.5, 0.6) is 0 Å². The number of Topliss-reactive ketones (excluding diaryl/α,β-unsaturated/α-hetero) is 3. The minimum Gasteiger partial charge on any atom is -0.481 e. The Bertz CT molecular complexity index is 1570. The fraction of sp³-hybridized carbons (Fsp3) is 0.795. The average molecular weight is 950 g/mol. The van der Waals surface area contributed by atoms with Crippen molar-refractivity contribution in [2.75, 3.05) is 45.3 Å². The number of rotatable bonds is 45. The van der Waals surface area contributed by atoms with Crippen molar-refractivity contribution in [2.45, 2.75) is 167 Å². The van der Waals surface area contributed by atoms with Gasteiger partial charge in [-0.2, -0.15) is 8.42 Å². The Balaban J connectivity index is 4.39. The number of hydrogen-bond acceptors (Lipinski definition) is 13. The molecule has 0 aliphatic heterocycles. The average Bonchev–Trinajstić information content (AvgIpc) is 3.22. The number of hydrogen-bond donors (Lipinski definition) is 7. The van der Waals surface area contributed by atoms with E-state index >= 15 is 0 Å². The maximum absolute atomic E-state index is 13.0. The predicted molar refractivity (Wildman–Crippen MR) is 237 cm³/mol. The molecule has 20 nitrogen and oxygen atoms in total. The standard InChI is InChI=1S/C44H75N3O17S/c1-2-17-35(48)30-46-40(52)23-20-33(43(56)57)28-36(49)31-64-27-26-63-25-24-45-39(51)22-21-34(44(58)59)29-38(50)37(32-65(60,61)62)47-41(53)18-15-13-11-9-7-5-3-4-6-8-10-12-14-16-19-42(54)55/h33-34,37H,2-32H2,1H3,(H,45,51)(H,46,52)(H,47,53)(H,54,55)(H,56,57)(H,58,59)(H,60,61,62). The molecule has 0 bridgehead atoms. The van der Waals surface area contributed by atoms with E-state index in [1.807, 2.05) is 6.92 Å². The molecule has 0 spiro atoms. The highest BCUT2D eigenvalue weighted by Gasteiger charge is 2.31. The SMILES string of the molecule is CCCC(=O)CNC(=O)CCC(CC(=O)COCCOCCNC(=O)CCC(CC(=O)C(CS(=O)(=O)O)NC(=O)CCCCCCCCCCCCCCCCC(=O)O)C(=O)O)C(=O)O. The van der Waals surface area contributed by atoms with Crippen molar-refractivity contribution in [1.29, 1.82) is 0 Å². The van der Waals surface area contributed by atoms with E-state index in [-0.39, 0.29) is 90.2 Å². The molecule has 374 valence electrons. The first-order valence-electron chi connectivity index (χ1n) is 23.0. The van der Waals surface area contributed by atoms with E-state index in [1.165, 1.54) is 0 Å². The molecule has 3 atom stereocenters. The summed E-state index contributed by atoms with van der Waals surface area (Å²) in [5.41, 5.74) is 0. The molecule has 7 N–H and O–H groups in total. The number of carboxylic acids is 3. The van der Waals surface area contributed by atoms with Crippen LogP contribution in [0.25, 0.3) is 0 Å². The van der Waals surface area contributed by atoms with Crippen LogP contribution in [-0.4, -0.2) is 133 Å². The number of carbonyl (C=O) groups excluding carboxylic acids is 6. The summed E-state index contributed by atoms with van der Waals surface area (Å²) >= 11 is 0. The van der Waals surface area contributed by atoms with Crippen molar-refractivity contribution >= 4 is 63.1 Å². The van der Waals surface area contributed by atoms with Crippen LogP contribution in [0.15, 0.2) is 0 Å². The summed E-state index contributed by atoms with van der Waals surface area (Å²) in [6.45, 7) is 1.36. The van der Waals surface area contributed by atoms with E-state index in [1.54, 1.807) is 0 Å². The van der Waals surface area contributed by atoms with Crippen molar-refractivity contribution in [1.82, 2.24) is 16.0 Å². The molecular weight excluding hydrogens is 875 g/mol. The molecular formula is C44H75N3O17S. The monoisotopic (exact) mass is 949 g/mol. The lowest BCUT2D eigenvalue weighted by atomic mass is 9.94. The summed E-state index contributed by atoms with van der Waals surface area (Å²) in [4.78, 5) is 108. The van der Waals surface area contributed by atoms with Crippen LogP contribution in [-0.2, 0) is 62.7 Å². The van der Waals surface area contributed by atoms with Crippen molar-refractivity contribution in [3.05, 3.63) is 0 Å². The van der Waals surface area contributed by atoms with E-state index < -0.39 is 87.4 Å². The summed E-state index contributed by atoms with van der Waals surface area (Å²) in [7, 11) is -4.73. The molecule has 3 unspecified atom stereocenters. The Hall–Kier alpha value is -4.34. The molecule has 0 radical (unpaired) electrons. The number of unbranched alkanes of at least 4 members (excludes halogenated alkanes) is 13. The van der Waals surface area contributed by atoms with Gasteiger partial charge in [0.15, 0.2) is 17.3 Å². The molecule has 0 aliphatic carbocycles. The maximum atomic E-state index is 13.0. The number of carbonyl (C=O) groups is 9. The Morgan fingerprint density at radius 2 is 1.02 bits per heavy atom. The molecule has 0 aliphatic rings. The van der Waals surface area contributed by atoms with Gasteiger partial charge in [0.25, 0.3) is 10.1 Å². The number of carboxylic acid groups (broad SMARTS) is 3. The molecule has 0 saturated heterocycles. The summed E-state index contributed by atoms with van der Waals surface area (Å²) in [6.07, 6.45) is 13.1. The lowest BCUT2D eigenvalue weighted by molar-refractivity contribution is -0.145. The van der Waals surface area contributed by atoms with Gasteiger partial charge in [0.05, 0.1) is 38.2 Å². The first-order valence-corrected chi connectivity index (χ1v) is 24.6. The molecule has 0 aromatic carbocycles. The zero-order valence-electron chi connectivity index (χ0n) is 38.2. The van der Waals surface area contributed by atoms with E-state index in [2.05, 4.69) is 16.0 Å². The van der Waals surface area contributed by atoms with E-state index in [9.17, 15) is 66.3 Å². The summed E-state index contributed by atoms with van der Waals surface area (Å²) in [5.74, 6) is -10.2. The van der Waals surface area contributed by atoms with Crippen molar-refractivity contribution < 1.29 is 80.9 Å². The maximum Gasteiger partial charge on any atom is 0.306 e. The first-order chi connectivity index (χ1) is 30.8. The van der Waals surface area contributed by atoms with E-state index in [0.717, 1.165) is 83.5 Å². The van der Waals surface area contributed by atoms with Gasteiger partial charge in [0.1, 0.15) is 18.4 Å². The quantitative estimate of drug-likeness (QED) is 0.0332. The molecule has 0 fully saturated rings. The third-order valence-corrected chi connectivity index (χ3v) is 11.2. The highest BCUT2D eigenvalue weighted by atomic mass is 32.2. The van der Waals surface area contributed by atoms with E-state index in [4.69, 9.17) is 14.6 Å². The topological polar surface area (TPSA) is 323 Å². The zero-order chi connectivity index (χ0) is 48.9. The van der Waals surface area contributed by atoms with Crippen LogP contribution < -0.4 is 16.0 Å². The van der Waals surface area contributed by atoms with Crippen molar-refractivity contribution in [3.63, 3.8) is 0 Å². The van der Waals surface area contributed by atoms with Crippen LogP contribution in [0, 0.1) is 11.8 Å². The smallest absolute Gasteiger partial charge is 0.306 e. The van der Waals surface area contributed by atoms with Gasteiger partial charge < -0.3 is 40.7 Å². The van der Waals surface area contributed by atoms with Crippen LogP contribution in [0.1, 0.15) is 161 Å². The Kier molecular flexibility index (Phi) is 35.3. The normalized spacial score (nSPS) is 12.7. The molecule has 0 rings (SSSR count). The highest BCUT2D eigenvalue weighted by molar-refractivity contribution is 7.85. The van der Waals surface area contributed by atoms with Gasteiger partial charge in [0, 0.05) is 51.5 Å². The molecule has 65 heavy (non-hydrogen) atoms. The lowest BCUT2D eigenvalue weighted by Gasteiger charge is -2.19. The summed E-state index contributed by atoms with van der Waals surface area (Å²) in [5, 5.41) is 35.1. The minimum atomic E-state index is -4.73. The highest BCUT2D eigenvalue weighted by Crippen LogP contribution is 2.17. The van der Waals surface area contributed by atoms with Crippen LogP contribution >= 0.6 is 0 Å². The van der Waals surface area contributed by atoms with Gasteiger partial charge in [-0.1, -0.05) is 84.0 Å². The molecule has 0 saturated carbocycles. The molecule has 3 amide bonds. The summed E-state index contributed by atoms with van der Waals surface area (Å²) < 4.78 is 43.3. The fourth-order valence-corrected chi connectivity index (χ4v) is 7.43. The lowest BCUT2D eigenvalue weighted by Crippen LogP contribution is -2.46. The van der Waals surface area contributed by atoms with Gasteiger partial charge in [-0.25, -0.2) is 0 Å². The van der Waals surface area contributed by atoms with Gasteiger partial charge >= 0.3 is 17.9 Å². The fourth-order valence-electron chi connectivity index (χ4n) is 6.74. The zero-order valence-corrected chi connectivity index (χ0v) is 39.0. The molecule has 21 heteroatoms. The largest absolute Gasteiger partial charge is 0.481 e. The van der Waals surface area contributed by atoms with Crippen molar-refractivity contribution in [2.24, 2.45) is 11.8 Å². The van der Waals surface area contributed by atoms with Gasteiger partial charge in [-0.15, -0.1) is 0 Å². The van der Waals surface area contributed by atoms with Crippen LogP contribution in [0.2, 0.25) is 0 Å². The van der Waals surface area contributed by atoms with Crippen LogP contribution in [0.3, 0.4) is 0 Å². The number of amides is 3. The third-order valence-electron chi connectivity index (χ3n) is 10.4. The summed E-state index contributed by atoms with van der Waals surface area (Å²) in [6, 6.07) is -1.68. The van der Waals surface area contributed by atoms with E-state index in [0.29, 0.717) is 19.3 Å². The van der Waals surface area contributed by atoms with Gasteiger partial charge in [0.2, 0.25) is 17.7 Å². The Morgan fingerprint density at radius 3 is 1.51 bits per heavy atom. The predicted octanol–water partition coefficient (Wildman–Crippen LogP) is 4.20. The van der Waals surface area contributed by atoms with Crippen molar-refractivity contribution in [3.8, 4) is 0 Å². The second-order valence-electron chi connectivity index (χ2n) is 16.4. The number of nitrogens with one attached hydrogen (secondary N) is 3. The Labute approximate surface area is 383 Å². The van der Waals surface area contributed by atoms with Crippen LogP contribution in [0.4, 0.5) is 0 Å². The second kappa shape index (κ2) is 37.8. The Morgan fingerprint density at radius 1 is 0.538 bits per heavy atom. The third kappa shape index (κ3) is 37.6.